The lowest BCUT2D eigenvalue weighted by molar-refractivity contribution is -0.140. The van der Waals surface area contributed by atoms with Gasteiger partial charge in [0, 0.05) is 90.8 Å². The van der Waals surface area contributed by atoms with E-state index in [4.69, 9.17) is 4.74 Å². The number of anilines is 1. The van der Waals surface area contributed by atoms with Gasteiger partial charge in [0.15, 0.2) is 11.4 Å². The molecule has 5 aromatic rings. The molecule has 3 aromatic heterocycles. The number of likely N-dealkylation sites (tertiary alicyclic amines) is 1. The van der Waals surface area contributed by atoms with Crippen molar-refractivity contribution < 1.29 is 18.7 Å². The fourth-order valence-electron chi connectivity index (χ4n) is 7.19. The molecule has 2 amide bonds. The summed E-state index contributed by atoms with van der Waals surface area (Å²) in [5, 5.41) is 11.7. The zero-order valence-electron chi connectivity index (χ0n) is 28.4. The monoisotopic (exact) mass is 686 g/mol. The summed E-state index contributed by atoms with van der Waals surface area (Å²) in [6.45, 7) is 4.13. The fourth-order valence-corrected chi connectivity index (χ4v) is 7.19. The summed E-state index contributed by atoms with van der Waals surface area (Å²) in [5.41, 5.74) is 5.34. The standard InChI is InChI=1S/C39H39FN8O3/c1-2-51-39(38(50)44-29-7-9-33-31(22-29)36(46-45-33)27-10-16-41-34(21-27)26-4-5-26)13-19-47(24-39)23-35(49)48-17-11-25(12-18-48)30-8-6-28(20-32(30)40)37-42-14-3-15-43-37/h3,6-11,14-16,20-22,26H,2,4-5,12-13,17-19,23-24H2,1H3,(H,44,50)(H,45,46)/t39-/m0/s1. The van der Waals surface area contributed by atoms with Gasteiger partial charge in [-0.25, -0.2) is 14.4 Å². The van der Waals surface area contributed by atoms with E-state index >= 15 is 4.39 Å². The van der Waals surface area contributed by atoms with E-state index in [0.717, 1.165) is 33.4 Å². The van der Waals surface area contributed by atoms with Crippen molar-refractivity contribution in [2.75, 3.05) is 44.6 Å². The topological polar surface area (TPSA) is 129 Å². The van der Waals surface area contributed by atoms with Crippen molar-refractivity contribution in [1.29, 1.82) is 0 Å². The number of nitrogens with one attached hydrogen (secondary N) is 2. The van der Waals surface area contributed by atoms with Gasteiger partial charge in [-0.15, -0.1) is 0 Å². The Morgan fingerprint density at radius 2 is 1.88 bits per heavy atom. The lowest BCUT2D eigenvalue weighted by Gasteiger charge is -2.30. The van der Waals surface area contributed by atoms with Crippen molar-refractivity contribution in [3.8, 4) is 22.6 Å². The van der Waals surface area contributed by atoms with Crippen LogP contribution in [0.25, 0.3) is 39.1 Å². The van der Waals surface area contributed by atoms with Crippen LogP contribution in [0.15, 0.2) is 79.3 Å². The Morgan fingerprint density at radius 1 is 1.02 bits per heavy atom. The SMILES string of the molecule is CCO[C@@]1(C(=O)Nc2ccc3[nH]nc(-c4ccnc(C5CC5)c4)c3c2)CCN(CC(=O)N2CC=C(c3ccc(-c4ncccn4)cc3F)CC2)C1. The summed E-state index contributed by atoms with van der Waals surface area (Å²) in [6, 6.07) is 16.5. The van der Waals surface area contributed by atoms with Gasteiger partial charge >= 0.3 is 0 Å². The fraction of sp³-hybridized carbons (Fsp3) is 0.333. The molecule has 0 spiro atoms. The van der Waals surface area contributed by atoms with Crippen LogP contribution in [0.4, 0.5) is 10.1 Å². The Morgan fingerprint density at radius 3 is 2.65 bits per heavy atom. The van der Waals surface area contributed by atoms with Crippen molar-refractivity contribution in [1.82, 2.24) is 34.9 Å². The molecule has 5 heterocycles. The number of hydrogen-bond acceptors (Lipinski definition) is 8. The highest BCUT2D eigenvalue weighted by molar-refractivity contribution is 6.01. The number of benzene rings is 2. The van der Waals surface area contributed by atoms with Gasteiger partial charge in [-0.1, -0.05) is 18.2 Å². The van der Waals surface area contributed by atoms with E-state index in [1.165, 1.54) is 18.9 Å². The minimum absolute atomic E-state index is 0.0334. The van der Waals surface area contributed by atoms with Crippen LogP contribution in [-0.4, -0.2) is 91.7 Å². The maximum absolute atomic E-state index is 15.1. The predicted molar refractivity (Wildman–Crippen MR) is 192 cm³/mol. The van der Waals surface area contributed by atoms with E-state index in [2.05, 4.69) is 36.5 Å². The van der Waals surface area contributed by atoms with Crippen molar-refractivity contribution in [3.05, 3.63) is 96.3 Å². The zero-order valence-corrected chi connectivity index (χ0v) is 28.4. The first-order valence-electron chi connectivity index (χ1n) is 17.6. The Kier molecular flexibility index (Phi) is 8.87. The van der Waals surface area contributed by atoms with Crippen molar-refractivity contribution in [2.45, 2.75) is 44.1 Å². The highest BCUT2D eigenvalue weighted by atomic mass is 19.1. The van der Waals surface area contributed by atoms with Crippen LogP contribution in [-0.2, 0) is 14.3 Å². The number of pyridine rings is 1. The second-order valence-corrected chi connectivity index (χ2v) is 13.5. The van der Waals surface area contributed by atoms with E-state index in [9.17, 15) is 9.59 Å². The Balaban J connectivity index is 0.906. The molecule has 51 heavy (non-hydrogen) atoms. The molecule has 1 saturated heterocycles. The molecule has 1 saturated carbocycles. The molecular weight excluding hydrogens is 647 g/mol. The van der Waals surface area contributed by atoms with Gasteiger partial charge in [0.05, 0.1) is 12.1 Å². The molecule has 0 unspecified atom stereocenters. The van der Waals surface area contributed by atoms with Gasteiger partial charge in [-0.2, -0.15) is 5.10 Å². The summed E-state index contributed by atoms with van der Waals surface area (Å²) in [4.78, 5) is 44.0. The molecule has 3 aliphatic rings. The van der Waals surface area contributed by atoms with E-state index < -0.39 is 5.60 Å². The summed E-state index contributed by atoms with van der Waals surface area (Å²) >= 11 is 0. The number of amides is 2. The number of aromatic amines is 1. The third kappa shape index (κ3) is 6.76. The second kappa shape index (κ2) is 13.8. The number of fused-ring (bicyclic) bond motifs is 1. The molecule has 1 atom stereocenters. The molecule has 2 fully saturated rings. The largest absolute Gasteiger partial charge is 0.364 e. The van der Waals surface area contributed by atoms with E-state index in [1.54, 1.807) is 29.4 Å². The van der Waals surface area contributed by atoms with Crippen LogP contribution < -0.4 is 5.32 Å². The van der Waals surface area contributed by atoms with Gasteiger partial charge in [0.2, 0.25) is 5.91 Å². The zero-order chi connectivity index (χ0) is 35.0. The van der Waals surface area contributed by atoms with Crippen LogP contribution in [0.2, 0.25) is 0 Å². The number of carbonyl (C=O) groups is 2. The highest BCUT2D eigenvalue weighted by Crippen LogP contribution is 2.40. The smallest absolute Gasteiger partial charge is 0.258 e. The normalized spacial score (nSPS) is 19.3. The third-order valence-electron chi connectivity index (χ3n) is 10.1. The summed E-state index contributed by atoms with van der Waals surface area (Å²) in [6.07, 6.45) is 10.4. The predicted octanol–water partition coefficient (Wildman–Crippen LogP) is 5.83. The maximum Gasteiger partial charge on any atom is 0.258 e. The van der Waals surface area contributed by atoms with Gasteiger partial charge in [0.25, 0.3) is 5.91 Å². The number of halogens is 1. The lowest BCUT2D eigenvalue weighted by Crippen LogP contribution is -2.49. The molecule has 260 valence electrons. The summed E-state index contributed by atoms with van der Waals surface area (Å²) in [5.74, 6) is 0.394. The number of ether oxygens (including phenoxy) is 1. The molecule has 2 aliphatic heterocycles. The van der Waals surface area contributed by atoms with Gasteiger partial charge in [-0.3, -0.25) is 24.6 Å². The van der Waals surface area contributed by atoms with Crippen LogP contribution in [0.3, 0.4) is 0 Å². The van der Waals surface area contributed by atoms with Crippen molar-refractivity contribution in [2.24, 2.45) is 0 Å². The summed E-state index contributed by atoms with van der Waals surface area (Å²) in [7, 11) is 0. The van der Waals surface area contributed by atoms with Gasteiger partial charge in [0.1, 0.15) is 11.5 Å². The van der Waals surface area contributed by atoms with Crippen LogP contribution in [0.1, 0.15) is 49.8 Å². The molecule has 2 aromatic carbocycles. The number of aromatic nitrogens is 5. The molecule has 1 aliphatic carbocycles. The molecule has 0 bridgehead atoms. The van der Waals surface area contributed by atoms with Crippen LogP contribution >= 0.6 is 0 Å². The minimum Gasteiger partial charge on any atom is -0.364 e. The average molecular weight is 687 g/mol. The van der Waals surface area contributed by atoms with Crippen LogP contribution in [0, 0.1) is 5.82 Å². The molecule has 11 nitrogen and oxygen atoms in total. The van der Waals surface area contributed by atoms with E-state index in [1.807, 2.05) is 54.4 Å². The quantitative estimate of drug-likeness (QED) is 0.188. The van der Waals surface area contributed by atoms with Crippen molar-refractivity contribution >= 4 is 34.0 Å². The van der Waals surface area contributed by atoms with Crippen LogP contribution in [0.5, 0.6) is 0 Å². The van der Waals surface area contributed by atoms with Gasteiger partial charge in [-0.05, 0) is 80.6 Å². The number of rotatable bonds is 10. The first-order valence-corrected chi connectivity index (χ1v) is 17.6. The third-order valence-corrected chi connectivity index (χ3v) is 10.1. The molecule has 2 N–H and O–H groups in total. The number of H-pyrrole nitrogens is 1. The van der Waals surface area contributed by atoms with Gasteiger partial charge < -0.3 is 15.0 Å². The summed E-state index contributed by atoms with van der Waals surface area (Å²) < 4.78 is 21.3. The Labute approximate surface area is 295 Å². The van der Waals surface area contributed by atoms with E-state index in [-0.39, 0.29) is 24.2 Å². The minimum atomic E-state index is -1.09. The highest BCUT2D eigenvalue weighted by Gasteiger charge is 2.46. The molecule has 8 rings (SSSR count). The maximum atomic E-state index is 15.1. The molecule has 0 radical (unpaired) electrons. The first kappa shape index (κ1) is 32.9. The van der Waals surface area contributed by atoms with E-state index in [0.29, 0.717) is 74.2 Å². The molecule has 12 heteroatoms. The Bertz CT molecular complexity index is 2130. The Hall–Kier alpha value is -5.33. The lowest BCUT2D eigenvalue weighted by atomic mass is 9.97. The average Bonchev–Trinajstić information content (AvgIpc) is 3.81. The molecular formula is C39H39FN8O3. The number of hydrogen-bond donors (Lipinski definition) is 2. The van der Waals surface area contributed by atoms with Crippen molar-refractivity contribution in [3.63, 3.8) is 0 Å². The first-order chi connectivity index (χ1) is 24.9. The second-order valence-electron chi connectivity index (χ2n) is 13.5. The number of carbonyl (C=O) groups excluding carboxylic acids is 2. The number of nitrogens with zero attached hydrogens (tertiary/aromatic N) is 6.